The van der Waals surface area contributed by atoms with Gasteiger partial charge in [0.2, 0.25) is 11.0 Å². The second-order valence-corrected chi connectivity index (χ2v) is 6.27. The van der Waals surface area contributed by atoms with E-state index in [0.29, 0.717) is 27.4 Å². The van der Waals surface area contributed by atoms with Crippen LogP contribution >= 0.6 is 11.3 Å². The molecule has 25 heavy (non-hydrogen) atoms. The highest BCUT2D eigenvalue weighted by atomic mass is 32.1. The number of nitrogens with one attached hydrogen (secondary N) is 1. The molecule has 8 heteroatoms. The highest BCUT2D eigenvalue weighted by molar-refractivity contribution is 7.18. The Kier molecular flexibility index (Phi) is 5.10. The fraction of sp³-hybridized carbons (Fsp3) is 0.118. The number of amides is 1. The standard InChI is InChI=1S/C17H16N6OS/c1-11(20-14-4-2-3-9-19-14)10-15(24)21-17-23-22-16(25-17)12-5-7-13(18)8-6-12/h2-9H,10,18H2,1H3,(H,21,23,24). The van der Waals surface area contributed by atoms with Crippen molar-refractivity contribution in [2.24, 2.45) is 4.99 Å². The number of pyridine rings is 1. The number of nitrogens with zero attached hydrogens (tertiary/aromatic N) is 4. The Morgan fingerprint density at radius 1 is 1.20 bits per heavy atom. The maximum Gasteiger partial charge on any atom is 0.231 e. The molecule has 2 aromatic heterocycles. The van der Waals surface area contributed by atoms with Crippen LogP contribution in [0.5, 0.6) is 0 Å². The van der Waals surface area contributed by atoms with E-state index >= 15 is 0 Å². The van der Waals surface area contributed by atoms with Crippen molar-refractivity contribution in [3.63, 3.8) is 0 Å². The predicted molar refractivity (Wildman–Crippen MR) is 100 cm³/mol. The molecule has 0 aliphatic carbocycles. The summed E-state index contributed by atoms with van der Waals surface area (Å²) in [6, 6.07) is 12.8. The van der Waals surface area contributed by atoms with E-state index < -0.39 is 0 Å². The molecular weight excluding hydrogens is 336 g/mol. The number of benzene rings is 1. The van der Waals surface area contributed by atoms with E-state index in [-0.39, 0.29) is 12.3 Å². The van der Waals surface area contributed by atoms with Crippen molar-refractivity contribution in [2.45, 2.75) is 13.3 Å². The summed E-state index contributed by atoms with van der Waals surface area (Å²) >= 11 is 1.30. The maximum atomic E-state index is 12.1. The molecule has 0 spiro atoms. The van der Waals surface area contributed by atoms with Crippen molar-refractivity contribution < 1.29 is 4.79 Å². The lowest BCUT2D eigenvalue weighted by molar-refractivity contribution is -0.115. The van der Waals surface area contributed by atoms with E-state index in [4.69, 9.17) is 5.73 Å². The van der Waals surface area contributed by atoms with Gasteiger partial charge >= 0.3 is 0 Å². The van der Waals surface area contributed by atoms with Crippen LogP contribution in [0.1, 0.15) is 13.3 Å². The summed E-state index contributed by atoms with van der Waals surface area (Å²) in [6.07, 6.45) is 1.82. The molecule has 0 radical (unpaired) electrons. The van der Waals surface area contributed by atoms with Crippen LogP contribution in [0.2, 0.25) is 0 Å². The van der Waals surface area contributed by atoms with Crippen molar-refractivity contribution >= 4 is 39.6 Å². The molecule has 3 aromatic rings. The van der Waals surface area contributed by atoms with Crippen LogP contribution in [0.4, 0.5) is 16.6 Å². The Hall–Kier alpha value is -3.13. The Balaban J connectivity index is 1.62. The van der Waals surface area contributed by atoms with Crippen molar-refractivity contribution in [3.05, 3.63) is 48.7 Å². The van der Waals surface area contributed by atoms with Crippen LogP contribution in [0.25, 0.3) is 10.6 Å². The van der Waals surface area contributed by atoms with Crippen LogP contribution in [0, 0.1) is 0 Å². The van der Waals surface area contributed by atoms with Crippen LogP contribution in [-0.2, 0) is 4.79 Å². The van der Waals surface area contributed by atoms with Gasteiger partial charge in [-0.05, 0) is 43.3 Å². The normalized spacial score (nSPS) is 11.3. The summed E-state index contributed by atoms with van der Waals surface area (Å²) in [5, 5.41) is 12.0. The minimum atomic E-state index is -0.197. The van der Waals surface area contributed by atoms with Crippen LogP contribution < -0.4 is 11.1 Å². The second-order valence-electron chi connectivity index (χ2n) is 5.29. The molecule has 3 N–H and O–H groups in total. The lowest BCUT2D eigenvalue weighted by Crippen LogP contribution is -2.14. The molecular formula is C17H16N6OS. The summed E-state index contributed by atoms with van der Waals surface area (Å²) in [6.45, 7) is 1.79. The molecule has 126 valence electrons. The van der Waals surface area contributed by atoms with Crippen LogP contribution in [0.15, 0.2) is 53.7 Å². The Morgan fingerprint density at radius 2 is 2.00 bits per heavy atom. The maximum absolute atomic E-state index is 12.1. The number of carbonyl (C=O) groups is 1. The molecule has 0 aliphatic rings. The van der Waals surface area contributed by atoms with Gasteiger partial charge < -0.3 is 11.1 Å². The summed E-state index contributed by atoms with van der Waals surface area (Å²) < 4.78 is 0. The van der Waals surface area contributed by atoms with E-state index in [1.54, 1.807) is 31.3 Å². The topological polar surface area (TPSA) is 106 Å². The van der Waals surface area contributed by atoms with Gasteiger partial charge in [0, 0.05) is 23.2 Å². The molecule has 0 aliphatic heterocycles. The summed E-state index contributed by atoms with van der Waals surface area (Å²) in [5.74, 6) is 0.381. The number of aromatic nitrogens is 3. The number of rotatable bonds is 5. The van der Waals surface area contributed by atoms with E-state index in [9.17, 15) is 4.79 Å². The molecule has 1 aromatic carbocycles. The summed E-state index contributed by atoms with van der Waals surface area (Å²) in [5.41, 5.74) is 7.93. The quantitative estimate of drug-likeness (QED) is 0.541. The highest BCUT2D eigenvalue weighted by Crippen LogP contribution is 2.26. The average Bonchev–Trinajstić information content (AvgIpc) is 3.04. The number of carbonyl (C=O) groups excluding carboxylic acids is 1. The molecule has 2 heterocycles. The Bertz CT molecular complexity index is 889. The van der Waals surface area contributed by atoms with Crippen molar-refractivity contribution in [3.8, 4) is 10.6 Å². The second kappa shape index (κ2) is 7.63. The van der Waals surface area contributed by atoms with E-state index in [2.05, 4.69) is 25.5 Å². The van der Waals surface area contributed by atoms with Gasteiger partial charge in [0.1, 0.15) is 5.01 Å². The number of hydrogen-bond donors (Lipinski definition) is 2. The Morgan fingerprint density at radius 3 is 2.72 bits per heavy atom. The third-order valence-corrected chi connectivity index (χ3v) is 4.09. The molecule has 1 amide bonds. The van der Waals surface area contributed by atoms with Crippen LogP contribution in [0.3, 0.4) is 0 Å². The summed E-state index contributed by atoms with van der Waals surface area (Å²) in [7, 11) is 0. The minimum Gasteiger partial charge on any atom is -0.399 e. The first-order chi connectivity index (χ1) is 12.1. The monoisotopic (exact) mass is 352 g/mol. The molecule has 0 saturated heterocycles. The zero-order chi connectivity index (χ0) is 17.6. The first-order valence-electron chi connectivity index (χ1n) is 7.54. The largest absolute Gasteiger partial charge is 0.399 e. The van der Waals surface area contributed by atoms with Gasteiger partial charge in [-0.2, -0.15) is 0 Å². The lowest BCUT2D eigenvalue weighted by Gasteiger charge is -2.01. The number of aliphatic imine (C=N–C) groups is 1. The molecule has 7 nitrogen and oxygen atoms in total. The SMILES string of the molecule is CC(CC(=O)Nc1nnc(-c2ccc(N)cc2)s1)=Nc1ccccn1. The molecule has 0 bridgehead atoms. The highest BCUT2D eigenvalue weighted by Gasteiger charge is 2.10. The molecule has 3 rings (SSSR count). The van der Waals surface area contributed by atoms with Gasteiger partial charge in [0.05, 0.1) is 6.42 Å². The third kappa shape index (κ3) is 4.67. The van der Waals surface area contributed by atoms with Crippen molar-refractivity contribution in [1.82, 2.24) is 15.2 Å². The number of nitrogen functional groups attached to an aromatic ring is 1. The van der Waals surface area contributed by atoms with Crippen LogP contribution in [-0.4, -0.2) is 26.8 Å². The average molecular weight is 352 g/mol. The molecule has 0 fully saturated rings. The van der Waals surface area contributed by atoms with Gasteiger partial charge in [-0.15, -0.1) is 10.2 Å². The van der Waals surface area contributed by atoms with E-state index in [1.807, 2.05) is 24.3 Å². The lowest BCUT2D eigenvalue weighted by atomic mass is 10.2. The zero-order valence-electron chi connectivity index (χ0n) is 13.5. The fourth-order valence-electron chi connectivity index (χ4n) is 2.07. The molecule has 0 atom stereocenters. The first-order valence-corrected chi connectivity index (χ1v) is 8.36. The van der Waals surface area contributed by atoms with E-state index in [1.165, 1.54) is 11.3 Å². The van der Waals surface area contributed by atoms with Crippen molar-refractivity contribution in [1.29, 1.82) is 0 Å². The number of nitrogens with two attached hydrogens (primary N) is 1. The predicted octanol–water partition coefficient (Wildman–Crippen LogP) is 3.30. The van der Waals surface area contributed by atoms with Gasteiger partial charge in [-0.25, -0.2) is 9.98 Å². The first kappa shape index (κ1) is 16.7. The zero-order valence-corrected chi connectivity index (χ0v) is 14.3. The van der Waals surface area contributed by atoms with Gasteiger partial charge in [0.15, 0.2) is 5.82 Å². The fourth-order valence-corrected chi connectivity index (χ4v) is 2.83. The number of hydrogen-bond acceptors (Lipinski definition) is 7. The van der Waals surface area contributed by atoms with Gasteiger partial charge in [-0.1, -0.05) is 17.4 Å². The third-order valence-electron chi connectivity index (χ3n) is 3.20. The van der Waals surface area contributed by atoms with Gasteiger partial charge in [0.25, 0.3) is 0 Å². The Labute approximate surface area is 148 Å². The molecule has 0 unspecified atom stereocenters. The smallest absolute Gasteiger partial charge is 0.231 e. The summed E-state index contributed by atoms with van der Waals surface area (Å²) in [4.78, 5) is 20.5. The van der Waals surface area contributed by atoms with E-state index in [0.717, 1.165) is 5.56 Å². The minimum absolute atomic E-state index is 0.160. The van der Waals surface area contributed by atoms with Crippen molar-refractivity contribution in [2.75, 3.05) is 11.1 Å². The number of anilines is 2. The van der Waals surface area contributed by atoms with Gasteiger partial charge in [-0.3, -0.25) is 4.79 Å². The molecule has 0 saturated carbocycles.